The molecule has 1 N–H and O–H groups in total. The van der Waals surface area contributed by atoms with Gasteiger partial charge in [0.05, 0.1) is 10.9 Å². The molecule has 0 amide bonds. The molecule has 1 atom stereocenters. The van der Waals surface area contributed by atoms with E-state index in [1.54, 1.807) is 15.9 Å². The van der Waals surface area contributed by atoms with E-state index in [1.165, 1.54) is 30.4 Å². The van der Waals surface area contributed by atoms with Crippen molar-refractivity contribution in [2.24, 2.45) is 0 Å². The third-order valence-corrected chi connectivity index (χ3v) is 5.78. The van der Waals surface area contributed by atoms with Crippen molar-refractivity contribution < 1.29 is 5.11 Å². The van der Waals surface area contributed by atoms with Crippen molar-refractivity contribution in [2.75, 3.05) is 13.1 Å². The Labute approximate surface area is 145 Å². The molecule has 1 aliphatic heterocycles. The molecule has 0 saturated carbocycles. The number of piperidine rings is 1. The first-order valence-electron chi connectivity index (χ1n) is 8.49. The van der Waals surface area contributed by atoms with E-state index in [9.17, 15) is 5.11 Å². The zero-order valence-corrected chi connectivity index (χ0v) is 14.9. The van der Waals surface area contributed by atoms with Crippen LogP contribution in [0.25, 0.3) is 4.96 Å². The van der Waals surface area contributed by atoms with Gasteiger partial charge in [-0.15, -0.1) is 5.10 Å². The van der Waals surface area contributed by atoms with Crippen LogP contribution in [0.4, 0.5) is 0 Å². The zero-order valence-electron chi connectivity index (χ0n) is 14.1. The number of aromatic nitrogens is 3. The normalized spacial score (nSPS) is 17.4. The number of aryl methyl sites for hydroxylation is 2. The number of fused-ring (bicyclic) bond motifs is 1. The fourth-order valence-corrected chi connectivity index (χ4v) is 4.64. The summed E-state index contributed by atoms with van der Waals surface area (Å²) in [5.74, 6) is 0.916. The van der Waals surface area contributed by atoms with Gasteiger partial charge in [-0.3, -0.25) is 4.90 Å². The molecule has 0 bridgehead atoms. The van der Waals surface area contributed by atoms with E-state index in [2.05, 4.69) is 46.2 Å². The van der Waals surface area contributed by atoms with Gasteiger partial charge in [0.1, 0.15) is 5.82 Å². The van der Waals surface area contributed by atoms with E-state index in [0.717, 1.165) is 22.9 Å². The molecule has 1 aliphatic rings. The van der Waals surface area contributed by atoms with E-state index >= 15 is 0 Å². The monoisotopic (exact) mass is 342 g/mol. The predicted octanol–water partition coefficient (Wildman–Crippen LogP) is 3.69. The minimum Gasteiger partial charge on any atom is -0.492 e. The molecule has 126 valence electrons. The summed E-state index contributed by atoms with van der Waals surface area (Å²) in [6.45, 7) is 6.07. The summed E-state index contributed by atoms with van der Waals surface area (Å²) in [7, 11) is 0. The Hall–Kier alpha value is -1.92. The van der Waals surface area contributed by atoms with Crippen molar-refractivity contribution in [1.29, 1.82) is 0 Å². The summed E-state index contributed by atoms with van der Waals surface area (Å²) >= 11 is 1.54. The van der Waals surface area contributed by atoms with E-state index in [0.29, 0.717) is 5.82 Å². The van der Waals surface area contributed by atoms with Crippen LogP contribution in [-0.2, 0) is 0 Å². The second-order valence-corrected chi connectivity index (χ2v) is 7.56. The van der Waals surface area contributed by atoms with Gasteiger partial charge in [-0.05, 0) is 45.3 Å². The van der Waals surface area contributed by atoms with Crippen molar-refractivity contribution in [2.45, 2.75) is 39.2 Å². The maximum Gasteiger partial charge on any atom is 0.230 e. The molecule has 1 fully saturated rings. The van der Waals surface area contributed by atoms with Crippen LogP contribution >= 0.6 is 11.3 Å². The molecule has 1 aromatic carbocycles. The average Bonchev–Trinajstić information content (AvgIpc) is 3.09. The number of aromatic hydroxyl groups is 1. The Balaban J connectivity index is 1.82. The van der Waals surface area contributed by atoms with Crippen LogP contribution < -0.4 is 0 Å². The van der Waals surface area contributed by atoms with Crippen LogP contribution in [0.1, 0.15) is 47.1 Å². The van der Waals surface area contributed by atoms with Crippen molar-refractivity contribution in [1.82, 2.24) is 19.5 Å². The molecule has 1 saturated heterocycles. The molecule has 6 heteroatoms. The van der Waals surface area contributed by atoms with Crippen molar-refractivity contribution >= 4 is 16.3 Å². The van der Waals surface area contributed by atoms with E-state index in [1.807, 2.05) is 6.92 Å². The van der Waals surface area contributed by atoms with E-state index in [4.69, 9.17) is 0 Å². The topological polar surface area (TPSA) is 53.7 Å². The van der Waals surface area contributed by atoms with Crippen LogP contribution in [0.5, 0.6) is 5.88 Å². The number of rotatable bonds is 3. The number of benzene rings is 1. The molecule has 5 nitrogen and oxygen atoms in total. The maximum absolute atomic E-state index is 10.8. The fourth-order valence-electron chi connectivity index (χ4n) is 3.48. The number of thiazole rings is 1. The van der Waals surface area contributed by atoms with Crippen LogP contribution in [0.3, 0.4) is 0 Å². The van der Waals surface area contributed by atoms with Gasteiger partial charge in [0.15, 0.2) is 0 Å². The highest BCUT2D eigenvalue weighted by molar-refractivity contribution is 7.17. The van der Waals surface area contributed by atoms with Crippen LogP contribution in [-0.4, -0.2) is 37.7 Å². The molecular weight excluding hydrogens is 320 g/mol. The number of likely N-dealkylation sites (tertiary alicyclic amines) is 1. The van der Waals surface area contributed by atoms with Crippen molar-refractivity contribution in [3.05, 3.63) is 46.1 Å². The molecule has 3 aromatic rings. The summed E-state index contributed by atoms with van der Waals surface area (Å²) in [6, 6.07) is 8.71. The minimum absolute atomic E-state index is 0.0692. The average molecular weight is 342 g/mol. The van der Waals surface area contributed by atoms with Crippen molar-refractivity contribution in [3.63, 3.8) is 0 Å². The number of hydrogen-bond donors (Lipinski definition) is 1. The van der Waals surface area contributed by atoms with Gasteiger partial charge in [0.2, 0.25) is 10.8 Å². The highest BCUT2D eigenvalue weighted by Crippen LogP contribution is 2.40. The smallest absolute Gasteiger partial charge is 0.230 e. The third kappa shape index (κ3) is 2.70. The molecule has 3 heterocycles. The fraction of sp³-hybridized carbons (Fsp3) is 0.444. The van der Waals surface area contributed by atoms with Gasteiger partial charge in [-0.1, -0.05) is 47.6 Å². The summed E-state index contributed by atoms with van der Waals surface area (Å²) in [5.41, 5.74) is 2.47. The Kier molecular flexibility index (Phi) is 4.02. The zero-order chi connectivity index (χ0) is 16.7. The first-order chi connectivity index (χ1) is 11.6. The molecule has 24 heavy (non-hydrogen) atoms. The second kappa shape index (κ2) is 6.18. The van der Waals surface area contributed by atoms with Gasteiger partial charge in [-0.2, -0.15) is 4.52 Å². The molecule has 0 aliphatic carbocycles. The van der Waals surface area contributed by atoms with Crippen LogP contribution in [0, 0.1) is 13.8 Å². The Morgan fingerprint density at radius 1 is 1.08 bits per heavy atom. The first kappa shape index (κ1) is 15.6. The molecular formula is C18H22N4OS. The number of hydrogen-bond acceptors (Lipinski definition) is 5. The summed E-state index contributed by atoms with van der Waals surface area (Å²) in [4.78, 5) is 8.60. The second-order valence-electron chi connectivity index (χ2n) is 6.55. The molecule has 4 rings (SSSR count). The minimum atomic E-state index is 0.0692. The van der Waals surface area contributed by atoms with Gasteiger partial charge in [0, 0.05) is 0 Å². The first-order valence-corrected chi connectivity index (χ1v) is 9.31. The summed E-state index contributed by atoms with van der Waals surface area (Å²) in [6.07, 6.45) is 3.71. The van der Waals surface area contributed by atoms with Gasteiger partial charge in [-0.25, -0.2) is 4.98 Å². The lowest BCUT2D eigenvalue weighted by atomic mass is 9.99. The van der Waals surface area contributed by atoms with E-state index in [-0.39, 0.29) is 11.9 Å². The van der Waals surface area contributed by atoms with Crippen LogP contribution in [0.15, 0.2) is 24.3 Å². The van der Waals surface area contributed by atoms with Gasteiger partial charge >= 0.3 is 0 Å². The predicted molar refractivity (Wildman–Crippen MR) is 95.7 cm³/mol. The quantitative estimate of drug-likeness (QED) is 0.789. The molecule has 2 aromatic heterocycles. The van der Waals surface area contributed by atoms with Crippen LogP contribution in [0.2, 0.25) is 0 Å². The Morgan fingerprint density at radius 2 is 1.79 bits per heavy atom. The highest BCUT2D eigenvalue weighted by Gasteiger charge is 2.30. The molecule has 0 radical (unpaired) electrons. The standard InChI is InChI=1S/C18H22N4OS/c1-12-6-8-14(9-7-12)15(21-10-4-3-5-11-21)16-17(23)22-18(24-16)19-13(2)20-22/h6-9,15,23H,3-5,10-11H2,1-2H3/t15-/m0/s1. The van der Waals surface area contributed by atoms with Gasteiger partial charge in [0.25, 0.3) is 0 Å². The number of nitrogens with zero attached hydrogens (tertiary/aromatic N) is 4. The van der Waals surface area contributed by atoms with Crippen molar-refractivity contribution in [3.8, 4) is 5.88 Å². The lowest BCUT2D eigenvalue weighted by Gasteiger charge is -2.34. The van der Waals surface area contributed by atoms with Gasteiger partial charge < -0.3 is 5.11 Å². The summed E-state index contributed by atoms with van der Waals surface area (Å²) < 4.78 is 1.57. The lowest BCUT2D eigenvalue weighted by molar-refractivity contribution is 0.186. The lowest BCUT2D eigenvalue weighted by Crippen LogP contribution is -2.34. The summed E-state index contributed by atoms with van der Waals surface area (Å²) in [5, 5.41) is 15.1. The Bertz CT molecular complexity index is 846. The maximum atomic E-state index is 10.8. The third-order valence-electron chi connectivity index (χ3n) is 4.70. The molecule has 0 spiro atoms. The SMILES string of the molecule is Cc1ccc([C@@H](c2sc3nc(C)nn3c2O)N2CCCCC2)cc1. The van der Waals surface area contributed by atoms with E-state index < -0.39 is 0 Å². The highest BCUT2D eigenvalue weighted by atomic mass is 32.1. The Morgan fingerprint density at radius 3 is 2.46 bits per heavy atom. The largest absolute Gasteiger partial charge is 0.492 e. The molecule has 0 unspecified atom stereocenters.